The van der Waals surface area contributed by atoms with Crippen molar-refractivity contribution in [2.75, 3.05) is 6.54 Å². The molecule has 1 amide bonds. The van der Waals surface area contributed by atoms with Gasteiger partial charge in [-0.15, -0.1) is 0 Å². The Kier molecular flexibility index (Phi) is 2.73. The van der Waals surface area contributed by atoms with E-state index in [1.54, 1.807) is 11.9 Å². The van der Waals surface area contributed by atoms with Gasteiger partial charge in [-0.05, 0) is 6.42 Å². The average Bonchev–Trinajstić information content (AvgIpc) is 2.99. The van der Waals surface area contributed by atoms with Crippen molar-refractivity contribution < 1.29 is 9.21 Å². The van der Waals surface area contributed by atoms with Crippen LogP contribution in [-0.4, -0.2) is 32.1 Å². The van der Waals surface area contributed by atoms with Crippen molar-refractivity contribution in [3.63, 3.8) is 0 Å². The van der Waals surface area contributed by atoms with Crippen LogP contribution in [0.2, 0.25) is 0 Å². The van der Waals surface area contributed by atoms with Crippen molar-refractivity contribution in [2.24, 2.45) is 7.05 Å². The number of oxazole rings is 1. The van der Waals surface area contributed by atoms with Crippen LogP contribution in [0.25, 0.3) is 0 Å². The van der Waals surface area contributed by atoms with Crippen LogP contribution >= 0.6 is 0 Å². The summed E-state index contributed by atoms with van der Waals surface area (Å²) in [7, 11) is 1.68. The fraction of sp³-hybridized carbons (Fsp3) is 0.417. The van der Waals surface area contributed by atoms with E-state index in [-0.39, 0.29) is 17.9 Å². The maximum Gasteiger partial charge on any atom is 0.269 e. The number of hydrogen-bond donors (Lipinski definition) is 1. The number of nitrogens with one attached hydrogen (secondary N) is 1. The lowest BCUT2D eigenvalue weighted by atomic mass is 10.1. The molecular weight excluding hydrogens is 248 g/mol. The summed E-state index contributed by atoms with van der Waals surface area (Å²) in [5.74, 6) is 0.532. The molecule has 0 saturated carbocycles. The molecule has 3 rings (SSSR count). The third-order valence-corrected chi connectivity index (χ3v) is 3.37. The quantitative estimate of drug-likeness (QED) is 0.814. The van der Waals surface area contributed by atoms with Crippen LogP contribution in [0, 0.1) is 0 Å². The van der Waals surface area contributed by atoms with Gasteiger partial charge in [-0.25, -0.2) is 4.98 Å². The molecule has 19 heavy (non-hydrogen) atoms. The van der Waals surface area contributed by atoms with E-state index in [4.69, 9.17) is 4.42 Å². The number of aromatic amines is 1. The Labute approximate surface area is 108 Å². The van der Waals surface area contributed by atoms with Gasteiger partial charge in [0.25, 0.3) is 5.56 Å². The number of nitrogens with zero attached hydrogens (tertiary/aromatic N) is 3. The van der Waals surface area contributed by atoms with Gasteiger partial charge in [0.2, 0.25) is 5.91 Å². The van der Waals surface area contributed by atoms with Gasteiger partial charge < -0.3 is 9.32 Å². The van der Waals surface area contributed by atoms with Crippen LogP contribution in [-0.2, 0) is 31.2 Å². The first-order valence-electron chi connectivity index (χ1n) is 6.07. The molecule has 3 heterocycles. The van der Waals surface area contributed by atoms with Crippen molar-refractivity contribution in [1.82, 2.24) is 19.7 Å². The second-order valence-electron chi connectivity index (χ2n) is 4.64. The number of rotatable bonds is 2. The molecule has 0 unspecified atom stereocenters. The Bertz CT molecular complexity index is 653. The molecule has 7 heteroatoms. The highest BCUT2D eigenvalue weighted by atomic mass is 16.3. The first kappa shape index (κ1) is 11.8. The third kappa shape index (κ3) is 2.07. The molecule has 0 saturated heterocycles. The monoisotopic (exact) mass is 262 g/mol. The average molecular weight is 262 g/mol. The highest BCUT2D eigenvalue weighted by Crippen LogP contribution is 2.15. The number of carbonyl (C=O) groups is 1. The number of aryl methyl sites for hydroxylation is 1. The SMILES string of the molecule is Cn1[nH]c2c(c1=O)CCN(C(=O)Cc1cnco1)C2. The van der Waals surface area contributed by atoms with Crippen molar-refractivity contribution >= 4 is 5.91 Å². The lowest BCUT2D eigenvalue weighted by molar-refractivity contribution is -0.131. The van der Waals surface area contributed by atoms with Crippen LogP contribution in [0.5, 0.6) is 0 Å². The van der Waals surface area contributed by atoms with E-state index < -0.39 is 0 Å². The molecule has 2 aromatic rings. The summed E-state index contributed by atoms with van der Waals surface area (Å²) in [6.07, 6.45) is 3.64. The predicted octanol–water partition coefficient (Wildman–Crippen LogP) is -0.171. The first-order valence-corrected chi connectivity index (χ1v) is 6.07. The summed E-state index contributed by atoms with van der Waals surface area (Å²) in [5.41, 5.74) is 1.60. The number of H-pyrrole nitrogens is 1. The second kappa shape index (κ2) is 4.42. The minimum Gasteiger partial charge on any atom is -0.448 e. The van der Waals surface area contributed by atoms with Crippen molar-refractivity contribution in [2.45, 2.75) is 19.4 Å². The fourth-order valence-corrected chi connectivity index (χ4v) is 2.36. The molecule has 0 radical (unpaired) electrons. The van der Waals surface area contributed by atoms with Crippen LogP contribution < -0.4 is 5.56 Å². The molecule has 1 aliphatic rings. The Hall–Kier alpha value is -2.31. The van der Waals surface area contributed by atoms with E-state index in [0.29, 0.717) is 25.3 Å². The molecule has 7 nitrogen and oxygen atoms in total. The smallest absolute Gasteiger partial charge is 0.269 e. The molecule has 0 fully saturated rings. The van der Waals surface area contributed by atoms with Gasteiger partial charge in [-0.2, -0.15) is 0 Å². The Morgan fingerprint density at radius 1 is 1.58 bits per heavy atom. The largest absolute Gasteiger partial charge is 0.448 e. The van der Waals surface area contributed by atoms with Gasteiger partial charge in [0.15, 0.2) is 6.39 Å². The standard InChI is InChI=1S/C12H14N4O3/c1-15-12(18)9-2-3-16(6-10(9)14-15)11(17)4-8-5-13-7-19-8/h5,7,14H,2-4,6H2,1H3. The van der Waals surface area contributed by atoms with Gasteiger partial charge in [0.05, 0.1) is 24.9 Å². The van der Waals surface area contributed by atoms with E-state index in [0.717, 1.165) is 11.3 Å². The molecule has 0 bridgehead atoms. The predicted molar refractivity (Wildman–Crippen MR) is 65.4 cm³/mol. The number of amides is 1. The van der Waals surface area contributed by atoms with Crippen LogP contribution in [0.3, 0.4) is 0 Å². The number of carbonyl (C=O) groups excluding carboxylic acids is 1. The first-order chi connectivity index (χ1) is 9.15. The lowest BCUT2D eigenvalue weighted by Crippen LogP contribution is -2.37. The van der Waals surface area contributed by atoms with Crippen molar-refractivity contribution in [3.05, 3.63) is 40.0 Å². The van der Waals surface area contributed by atoms with Gasteiger partial charge in [-0.1, -0.05) is 0 Å². The van der Waals surface area contributed by atoms with E-state index >= 15 is 0 Å². The summed E-state index contributed by atoms with van der Waals surface area (Å²) >= 11 is 0. The summed E-state index contributed by atoms with van der Waals surface area (Å²) in [6, 6.07) is 0. The highest BCUT2D eigenvalue weighted by Gasteiger charge is 2.25. The summed E-state index contributed by atoms with van der Waals surface area (Å²) < 4.78 is 6.52. The normalized spacial score (nSPS) is 14.5. The summed E-state index contributed by atoms with van der Waals surface area (Å²) in [5, 5.41) is 2.98. The molecule has 1 aliphatic heterocycles. The van der Waals surface area contributed by atoms with Crippen LogP contribution in [0.1, 0.15) is 17.0 Å². The molecule has 100 valence electrons. The molecule has 2 aromatic heterocycles. The number of fused-ring (bicyclic) bond motifs is 1. The topological polar surface area (TPSA) is 84.1 Å². The van der Waals surface area contributed by atoms with Gasteiger partial charge in [-0.3, -0.25) is 19.4 Å². The number of aromatic nitrogens is 3. The minimum absolute atomic E-state index is 0.00247. The van der Waals surface area contributed by atoms with E-state index in [1.165, 1.54) is 17.3 Å². The third-order valence-electron chi connectivity index (χ3n) is 3.37. The zero-order valence-electron chi connectivity index (χ0n) is 10.5. The molecule has 0 aliphatic carbocycles. The maximum atomic E-state index is 12.1. The maximum absolute atomic E-state index is 12.1. The Morgan fingerprint density at radius 3 is 3.16 bits per heavy atom. The summed E-state index contributed by atoms with van der Waals surface area (Å²) in [6.45, 7) is 1.01. The van der Waals surface area contributed by atoms with Crippen LogP contribution in [0.15, 0.2) is 21.8 Å². The fourth-order valence-electron chi connectivity index (χ4n) is 2.36. The van der Waals surface area contributed by atoms with Crippen molar-refractivity contribution in [1.29, 1.82) is 0 Å². The molecule has 0 aromatic carbocycles. The van der Waals surface area contributed by atoms with Gasteiger partial charge in [0, 0.05) is 19.2 Å². The second-order valence-corrected chi connectivity index (χ2v) is 4.64. The van der Waals surface area contributed by atoms with Gasteiger partial charge in [0.1, 0.15) is 5.76 Å². The molecule has 0 spiro atoms. The highest BCUT2D eigenvalue weighted by molar-refractivity contribution is 5.78. The van der Waals surface area contributed by atoms with E-state index in [1.807, 2.05) is 0 Å². The van der Waals surface area contributed by atoms with Gasteiger partial charge >= 0.3 is 0 Å². The summed E-state index contributed by atoms with van der Waals surface area (Å²) in [4.78, 5) is 29.4. The lowest BCUT2D eigenvalue weighted by Gasteiger charge is -2.25. The van der Waals surface area contributed by atoms with Crippen LogP contribution in [0.4, 0.5) is 0 Å². The Morgan fingerprint density at radius 2 is 2.42 bits per heavy atom. The Balaban J connectivity index is 1.75. The minimum atomic E-state index is -0.0212. The zero-order chi connectivity index (χ0) is 13.4. The van der Waals surface area contributed by atoms with E-state index in [2.05, 4.69) is 10.1 Å². The molecule has 0 atom stereocenters. The molecular formula is C12H14N4O3. The zero-order valence-corrected chi connectivity index (χ0v) is 10.5. The van der Waals surface area contributed by atoms with E-state index in [9.17, 15) is 9.59 Å². The van der Waals surface area contributed by atoms with Crippen molar-refractivity contribution in [3.8, 4) is 0 Å². The number of hydrogen-bond acceptors (Lipinski definition) is 4. The molecule has 1 N–H and O–H groups in total.